The maximum atomic E-state index is 13.3. The molecule has 240 valence electrons. The molecule has 0 saturated carbocycles. The van der Waals surface area contributed by atoms with Gasteiger partial charge < -0.3 is 20.3 Å². The van der Waals surface area contributed by atoms with E-state index in [-0.39, 0.29) is 22.0 Å². The summed E-state index contributed by atoms with van der Waals surface area (Å²) in [6.07, 6.45) is 1.50. The van der Waals surface area contributed by atoms with Crippen LogP contribution in [0.3, 0.4) is 0 Å². The predicted molar refractivity (Wildman–Crippen MR) is 179 cm³/mol. The molecular weight excluding hydrogens is 610 g/mol. The number of amides is 4. The molecule has 1 aliphatic heterocycles. The minimum absolute atomic E-state index is 0.0991. The van der Waals surface area contributed by atoms with Gasteiger partial charge in [-0.1, -0.05) is 23.8 Å². The molecule has 1 saturated heterocycles. The Bertz CT molecular complexity index is 1710. The standard InChI is InChI=1S/C33H35N5O7S/c1-6-36(7-2)25-12-11-23(27(17-25)45-19-30(40)34-24-9-8-10-26(16-24)38(43)44)15-28-32(41)37(33(42)46-28)18-29(39)35-31-21(4)13-20(3)14-22(31)5/h8-17H,6-7,18-19H2,1-5H3,(H,34,40)(H,35,39)/b28-15+. The van der Waals surface area contributed by atoms with Crippen LogP contribution >= 0.6 is 11.8 Å². The summed E-state index contributed by atoms with van der Waals surface area (Å²) in [6, 6.07) is 14.7. The van der Waals surface area contributed by atoms with Gasteiger partial charge in [0.25, 0.3) is 22.7 Å². The van der Waals surface area contributed by atoms with Crippen LogP contribution in [-0.2, 0) is 14.4 Å². The van der Waals surface area contributed by atoms with Crippen LogP contribution in [0.5, 0.6) is 5.75 Å². The second kappa shape index (κ2) is 14.7. The lowest BCUT2D eigenvalue weighted by molar-refractivity contribution is -0.384. The van der Waals surface area contributed by atoms with Gasteiger partial charge in [0, 0.05) is 53.9 Å². The first-order valence-corrected chi connectivity index (χ1v) is 15.4. The molecule has 1 fully saturated rings. The number of hydrogen-bond acceptors (Lipinski definition) is 9. The number of carbonyl (C=O) groups is 4. The number of hydrogen-bond donors (Lipinski definition) is 2. The van der Waals surface area contributed by atoms with Gasteiger partial charge in [-0.15, -0.1) is 0 Å². The Morgan fingerprint density at radius 3 is 2.33 bits per heavy atom. The molecule has 46 heavy (non-hydrogen) atoms. The molecule has 13 heteroatoms. The molecule has 4 rings (SSSR count). The Balaban J connectivity index is 1.52. The first-order chi connectivity index (χ1) is 21.9. The fourth-order valence-electron chi connectivity index (χ4n) is 5.07. The zero-order valence-electron chi connectivity index (χ0n) is 26.2. The predicted octanol–water partition coefficient (Wildman–Crippen LogP) is 6.06. The highest BCUT2D eigenvalue weighted by Gasteiger charge is 2.36. The fourth-order valence-corrected chi connectivity index (χ4v) is 5.90. The van der Waals surface area contributed by atoms with E-state index in [0.717, 1.165) is 27.3 Å². The van der Waals surface area contributed by atoms with E-state index in [4.69, 9.17) is 4.74 Å². The molecule has 0 unspecified atom stereocenters. The van der Waals surface area contributed by atoms with Crippen LogP contribution in [0.15, 0.2) is 59.5 Å². The van der Waals surface area contributed by atoms with Gasteiger partial charge in [0.2, 0.25) is 5.91 Å². The number of carbonyl (C=O) groups excluding carboxylic acids is 4. The second-order valence-corrected chi connectivity index (χ2v) is 11.6. The molecule has 0 aliphatic carbocycles. The number of non-ortho nitro benzene ring substituents is 1. The van der Waals surface area contributed by atoms with E-state index >= 15 is 0 Å². The summed E-state index contributed by atoms with van der Waals surface area (Å²) < 4.78 is 5.89. The van der Waals surface area contributed by atoms with E-state index in [9.17, 15) is 29.3 Å². The average Bonchev–Trinajstić information content (AvgIpc) is 3.26. The van der Waals surface area contributed by atoms with Gasteiger partial charge in [-0.05, 0) is 81.8 Å². The number of nitro groups is 1. The highest BCUT2D eigenvalue weighted by Crippen LogP contribution is 2.35. The number of nitrogens with one attached hydrogen (secondary N) is 2. The molecule has 1 heterocycles. The molecule has 0 atom stereocenters. The van der Waals surface area contributed by atoms with Crippen molar-refractivity contribution in [3.63, 3.8) is 0 Å². The number of benzene rings is 3. The Labute approximate surface area is 270 Å². The number of imide groups is 1. The molecule has 2 N–H and O–H groups in total. The van der Waals surface area contributed by atoms with E-state index in [1.165, 1.54) is 30.3 Å². The third-order valence-electron chi connectivity index (χ3n) is 7.23. The van der Waals surface area contributed by atoms with Crippen molar-refractivity contribution < 1.29 is 28.8 Å². The summed E-state index contributed by atoms with van der Waals surface area (Å²) in [5, 5.41) is 15.9. The number of thioether (sulfide) groups is 1. The van der Waals surface area contributed by atoms with E-state index in [1.54, 1.807) is 12.1 Å². The maximum absolute atomic E-state index is 13.3. The normalized spacial score (nSPS) is 13.6. The van der Waals surface area contributed by atoms with E-state index in [1.807, 2.05) is 52.8 Å². The van der Waals surface area contributed by atoms with Gasteiger partial charge in [-0.2, -0.15) is 0 Å². The Kier molecular flexibility index (Phi) is 10.8. The van der Waals surface area contributed by atoms with Crippen molar-refractivity contribution in [3.8, 4) is 5.75 Å². The SMILES string of the molecule is CCN(CC)c1ccc(/C=C2/SC(=O)N(CC(=O)Nc3c(C)cc(C)cc3C)C2=O)c(OCC(=O)Nc2cccc([N+](=O)[O-])c2)c1. The van der Waals surface area contributed by atoms with Crippen LogP contribution in [0.1, 0.15) is 36.1 Å². The van der Waals surface area contributed by atoms with Gasteiger partial charge in [-0.3, -0.25) is 34.2 Å². The van der Waals surface area contributed by atoms with Crippen molar-refractivity contribution >= 4 is 63.5 Å². The van der Waals surface area contributed by atoms with Crippen LogP contribution in [0.25, 0.3) is 6.08 Å². The zero-order chi connectivity index (χ0) is 33.5. The van der Waals surface area contributed by atoms with E-state index in [2.05, 4.69) is 15.5 Å². The summed E-state index contributed by atoms with van der Waals surface area (Å²) >= 11 is 0.709. The first kappa shape index (κ1) is 33.7. The Hall–Kier alpha value is -5.17. The van der Waals surface area contributed by atoms with Crippen molar-refractivity contribution in [1.82, 2.24) is 4.90 Å². The molecule has 1 aliphatic rings. The topological polar surface area (TPSA) is 151 Å². The quantitative estimate of drug-likeness (QED) is 0.136. The molecule has 0 radical (unpaired) electrons. The first-order valence-electron chi connectivity index (χ1n) is 14.6. The third-order valence-corrected chi connectivity index (χ3v) is 8.14. The van der Waals surface area contributed by atoms with E-state index < -0.39 is 41.0 Å². The number of aryl methyl sites for hydroxylation is 3. The van der Waals surface area contributed by atoms with Crippen molar-refractivity contribution in [2.24, 2.45) is 0 Å². The highest BCUT2D eigenvalue weighted by atomic mass is 32.2. The van der Waals surface area contributed by atoms with Crippen LogP contribution < -0.4 is 20.3 Å². The van der Waals surface area contributed by atoms with Crippen LogP contribution in [-0.4, -0.2) is 59.0 Å². The third kappa shape index (κ3) is 8.10. The van der Waals surface area contributed by atoms with Crippen molar-refractivity contribution in [2.75, 3.05) is 41.8 Å². The molecular formula is C33H35N5O7S. The van der Waals surface area contributed by atoms with Gasteiger partial charge in [0.05, 0.1) is 9.83 Å². The number of nitro benzene ring substituents is 1. The summed E-state index contributed by atoms with van der Waals surface area (Å²) in [7, 11) is 0. The summed E-state index contributed by atoms with van der Waals surface area (Å²) in [4.78, 5) is 65.3. The number of rotatable bonds is 12. The van der Waals surface area contributed by atoms with Gasteiger partial charge in [0.15, 0.2) is 6.61 Å². The lowest BCUT2D eigenvalue weighted by atomic mass is 10.1. The largest absolute Gasteiger partial charge is 0.483 e. The van der Waals surface area contributed by atoms with Crippen LogP contribution in [0.2, 0.25) is 0 Å². The minimum Gasteiger partial charge on any atom is -0.483 e. The molecule has 4 amide bonds. The summed E-state index contributed by atoms with van der Waals surface area (Å²) in [5.74, 6) is -1.39. The molecule has 3 aromatic carbocycles. The van der Waals surface area contributed by atoms with Gasteiger partial charge in [0.1, 0.15) is 12.3 Å². The monoisotopic (exact) mass is 645 g/mol. The minimum atomic E-state index is -0.621. The van der Waals surface area contributed by atoms with Crippen LogP contribution in [0, 0.1) is 30.9 Å². The molecule has 0 spiro atoms. The molecule has 0 aromatic heterocycles. The Morgan fingerprint density at radius 1 is 0.978 bits per heavy atom. The molecule has 12 nitrogen and oxygen atoms in total. The maximum Gasteiger partial charge on any atom is 0.294 e. The highest BCUT2D eigenvalue weighted by molar-refractivity contribution is 8.18. The fraction of sp³-hybridized carbons (Fsp3) is 0.273. The van der Waals surface area contributed by atoms with Crippen molar-refractivity contribution in [2.45, 2.75) is 34.6 Å². The smallest absolute Gasteiger partial charge is 0.294 e. The lowest BCUT2D eigenvalue weighted by Crippen LogP contribution is -2.36. The number of nitrogens with zero attached hydrogens (tertiary/aromatic N) is 3. The second-order valence-electron chi connectivity index (χ2n) is 10.6. The zero-order valence-corrected chi connectivity index (χ0v) is 27.0. The number of ether oxygens (including phenoxy) is 1. The lowest BCUT2D eigenvalue weighted by Gasteiger charge is -2.22. The number of anilines is 3. The summed E-state index contributed by atoms with van der Waals surface area (Å²) in [5.41, 5.74) is 4.79. The van der Waals surface area contributed by atoms with Crippen molar-refractivity contribution in [1.29, 1.82) is 0 Å². The molecule has 0 bridgehead atoms. The molecule has 3 aromatic rings. The van der Waals surface area contributed by atoms with Crippen molar-refractivity contribution in [3.05, 3.63) is 91.9 Å². The van der Waals surface area contributed by atoms with Crippen LogP contribution in [0.4, 0.5) is 27.5 Å². The Morgan fingerprint density at radius 2 is 1.67 bits per heavy atom. The average molecular weight is 646 g/mol. The van der Waals surface area contributed by atoms with Gasteiger partial charge >= 0.3 is 0 Å². The van der Waals surface area contributed by atoms with E-state index in [0.29, 0.717) is 36.1 Å². The summed E-state index contributed by atoms with van der Waals surface area (Å²) in [6.45, 7) is 10.3. The van der Waals surface area contributed by atoms with Gasteiger partial charge in [-0.25, -0.2) is 0 Å².